The van der Waals surface area contributed by atoms with Crippen molar-refractivity contribution >= 4 is 18.3 Å². The number of nitrogens with one attached hydrogen (secondary N) is 1. The van der Waals surface area contributed by atoms with Crippen LogP contribution >= 0.6 is 12.4 Å². The predicted octanol–water partition coefficient (Wildman–Crippen LogP) is 2.90. The highest BCUT2D eigenvalue weighted by molar-refractivity contribution is 5.92. The molecule has 0 aliphatic carbocycles. The number of hydrogen-bond donors (Lipinski definition) is 1. The van der Waals surface area contributed by atoms with E-state index in [0.29, 0.717) is 24.8 Å². The highest BCUT2D eigenvalue weighted by atomic mass is 35.5. The van der Waals surface area contributed by atoms with Crippen LogP contribution in [-0.2, 0) is 6.54 Å². The first kappa shape index (κ1) is 20.3. The molecule has 3 rings (SSSR count). The van der Waals surface area contributed by atoms with Gasteiger partial charge in [0.2, 0.25) is 0 Å². The summed E-state index contributed by atoms with van der Waals surface area (Å²) in [5.41, 5.74) is 1.59. The minimum absolute atomic E-state index is 0. The first-order chi connectivity index (χ1) is 12.2. The highest BCUT2D eigenvalue weighted by Gasteiger charge is 2.20. The molecule has 1 aromatic carbocycles. The number of methoxy groups -OCH3 is 1. The first-order valence-electron chi connectivity index (χ1n) is 8.89. The Kier molecular flexibility index (Phi) is 7.48. The molecule has 1 saturated heterocycles. The minimum Gasteiger partial charge on any atom is -0.497 e. The fourth-order valence-corrected chi connectivity index (χ4v) is 3.16. The number of ether oxygens (including phenoxy) is 1. The Morgan fingerprint density at radius 3 is 2.73 bits per heavy atom. The van der Waals surface area contributed by atoms with E-state index < -0.39 is 0 Å². The molecule has 0 saturated carbocycles. The Bertz CT molecular complexity index is 696. The Hall–Kier alpha value is -2.05. The topological polar surface area (TPSA) is 59.4 Å². The second-order valence-corrected chi connectivity index (χ2v) is 6.35. The third kappa shape index (κ3) is 4.77. The average Bonchev–Trinajstić information content (AvgIpc) is 3.17. The van der Waals surface area contributed by atoms with Crippen molar-refractivity contribution in [3.8, 4) is 5.75 Å². The summed E-state index contributed by atoms with van der Waals surface area (Å²) in [5.74, 6) is 0.791. The van der Waals surface area contributed by atoms with Gasteiger partial charge < -0.3 is 15.0 Å². The Morgan fingerprint density at radius 1 is 1.35 bits per heavy atom. The van der Waals surface area contributed by atoms with Crippen LogP contribution in [0, 0.1) is 0 Å². The fourth-order valence-electron chi connectivity index (χ4n) is 3.16. The molecule has 1 unspecified atom stereocenters. The van der Waals surface area contributed by atoms with E-state index in [9.17, 15) is 4.79 Å². The van der Waals surface area contributed by atoms with Crippen LogP contribution in [0.4, 0.5) is 0 Å². The van der Waals surface area contributed by atoms with Crippen LogP contribution in [0.5, 0.6) is 5.75 Å². The molecule has 1 atom stereocenters. The molecule has 1 amide bonds. The van der Waals surface area contributed by atoms with Gasteiger partial charge in [0.15, 0.2) is 0 Å². The van der Waals surface area contributed by atoms with Gasteiger partial charge in [-0.3, -0.25) is 9.48 Å². The van der Waals surface area contributed by atoms with Gasteiger partial charge in [0.05, 0.1) is 13.2 Å². The largest absolute Gasteiger partial charge is 0.497 e. The van der Waals surface area contributed by atoms with Crippen molar-refractivity contribution < 1.29 is 9.53 Å². The molecule has 1 aliphatic heterocycles. The number of carbonyl (C=O) groups is 1. The average molecular weight is 379 g/mol. The second kappa shape index (κ2) is 9.59. The van der Waals surface area contributed by atoms with Crippen molar-refractivity contribution in [3.05, 3.63) is 47.8 Å². The molecule has 1 fully saturated rings. The number of amides is 1. The van der Waals surface area contributed by atoms with Gasteiger partial charge in [0.25, 0.3) is 5.91 Å². The van der Waals surface area contributed by atoms with Crippen LogP contribution in [0.3, 0.4) is 0 Å². The van der Waals surface area contributed by atoms with Crippen LogP contribution in [0.1, 0.15) is 41.9 Å². The lowest BCUT2D eigenvalue weighted by molar-refractivity contribution is 0.0745. The quantitative estimate of drug-likeness (QED) is 0.839. The van der Waals surface area contributed by atoms with Crippen LogP contribution in [0.2, 0.25) is 0 Å². The number of halogens is 1. The lowest BCUT2D eigenvalue weighted by atomic mass is 10.1. The van der Waals surface area contributed by atoms with Crippen LogP contribution in [0.25, 0.3) is 0 Å². The highest BCUT2D eigenvalue weighted by Crippen LogP contribution is 2.17. The van der Waals surface area contributed by atoms with Gasteiger partial charge in [-0.2, -0.15) is 5.10 Å². The molecular formula is C19H27ClN4O2. The maximum Gasteiger partial charge on any atom is 0.274 e. The number of aromatic nitrogens is 2. The number of rotatable bonds is 6. The molecule has 142 valence electrons. The maximum absolute atomic E-state index is 12.8. The zero-order chi connectivity index (χ0) is 17.6. The van der Waals surface area contributed by atoms with E-state index in [2.05, 4.69) is 10.4 Å². The van der Waals surface area contributed by atoms with Gasteiger partial charge in [-0.05, 0) is 50.1 Å². The zero-order valence-electron chi connectivity index (χ0n) is 15.4. The summed E-state index contributed by atoms with van der Waals surface area (Å²) in [7, 11) is 1.65. The molecule has 6 nitrogen and oxygen atoms in total. The number of carbonyl (C=O) groups excluding carboxylic acids is 1. The fraction of sp³-hybridized carbons (Fsp3) is 0.474. The van der Waals surface area contributed by atoms with Crippen molar-refractivity contribution in [2.24, 2.45) is 0 Å². The summed E-state index contributed by atoms with van der Waals surface area (Å²) < 4.78 is 7.11. The maximum atomic E-state index is 12.8. The predicted molar refractivity (Wildman–Crippen MR) is 104 cm³/mol. The van der Waals surface area contributed by atoms with Crippen LogP contribution in [-0.4, -0.2) is 47.3 Å². The van der Waals surface area contributed by atoms with Crippen molar-refractivity contribution in [3.63, 3.8) is 0 Å². The molecule has 1 aromatic heterocycles. The Labute approximate surface area is 160 Å². The zero-order valence-corrected chi connectivity index (χ0v) is 16.2. The lowest BCUT2D eigenvalue weighted by Crippen LogP contribution is -2.33. The molecule has 0 spiro atoms. The van der Waals surface area contributed by atoms with E-state index in [0.717, 1.165) is 37.2 Å². The smallest absolute Gasteiger partial charge is 0.274 e. The molecule has 2 heterocycles. The van der Waals surface area contributed by atoms with Gasteiger partial charge in [-0.15, -0.1) is 12.4 Å². The summed E-state index contributed by atoms with van der Waals surface area (Å²) in [6.45, 7) is 5.18. The van der Waals surface area contributed by atoms with Crippen molar-refractivity contribution in [1.29, 1.82) is 0 Å². The molecule has 7 heteroatoms. The van der Waals surface area contributed by atoms with Gasteiger partial charge in [-0.1, -0.05) is 12.1 Å². The number of benzene rings is 1. The van der Waals surface area contributed by atoms with Gasteiger partial charge in [-0.25, -0.2) is 0 Å². The summed E-state index contributed by atoms with van der Waals surface area (Å²) in [4.78, 5) is 14.6. The Morgan fingerprint density at radius 2 is 2.12 bits per heavy atom. The minimum atomic E-state index is -0.0270. The molecule has 1 N–H and O–H groups in total. The van der Waals surface area contributed by atoms with Crippen LogP contribution in [0.15, 0.2) is 36.5 Å². The molecule has 26 heavy (non-hydrogen) atoms. The molecule has 2 aromatic rings. The van der Waals surface area contributed by atoms with E-state index in [1.807, 2.05) is 53.0 Å². The molecule has 1 aliphatic rings. The lowest BCUT2D eigenvalue weighted by Gasteiger charge is -2.23. The first-order valence-corrected chi connectivity index (χ1v) is 8.89. The van der Waals surface area contributed by atoms with E-state index in [-0.39, 0.29) is 18.3 Å². The van der Waals surface area contributed by atoms with E-state index in [1.165, 1.54) is 0 Å². The molecule has 0 radical (unpaired) electrons. The Balaban J connectivity index is 0.00000243. The second-order valence-electron chi connectivity index (χ2n) is 6.35. The van der Waals surface area contributed by atoms with Crippen LogP contribution < -0.4 is 10.1 Å². The number of piperidine rings is 1. The van der Waals surface area contributed by atoms with Crippen molar-refractivity contribution in [2.45, 2.75) is 32.4 Å². The van der Waals surface area contributed by atoms with E-state index in [4.69, 9.17) is 4.74 Å². The SMILES string of the molecule is CCN(Cc1ccc(OC)cc1)C(=O)c1ccn(C2CCCNC2)n1.Cl. The number of hydrogen-bond acceptors (Lipinski definition) is 4. The standard InChI is InChI=1S/C19H26N4O2.ClH/c1-3-22(14-15-6-8-17(25-2)9-7-15)19(24)18-10-12-23(21-18)16-5-4-11-20-13-16;/h6-10,12,16,20H,3-5,11,13-14H2,1-2H3;1H. The summed E-state index contributed by atoms with van der Waals surface area (Å²) in [5, 5.41) is 7.92. The van der Waals surface area contributed by atoms with Gasteiger partial charge in [0, 0.05) is 25.8 Å². The van der Waals surface area contributed by atoms with Gasteiger partial charge >= 0.3 is 0 Å². The van der Waals surface area contributed by atoms with Crippen molar-refractivity contribution in [1.82, 2.24) is 20.0 Å². The summed E-state index contributed by atoms with van der Waals surface area (Å²) in [6.07, 6.45) is 4.17. The normalized spacial score (nSPS) is 16.6. The third-order valence-corrected chi connectivity index (χ3v) is 4.67. The van der Waals surface area contributed by atoms with Crippen molar-refractivity contribution in [2.75, 3.05) is 26.7 Å². The number of nitrogens with zero attached hydrogens (tertiary/aromatic N) is 3. The van der Waals surface area contributed by atoms with E-state index >= 15 is 0 Å². The third-order valence-electron chi connectivity index (χ3n) is 4.67. The van der Waals surface area contributed by atoms with E-state index in [1.54, 1.807) is 7.11 Å². The summed E-state index contributed by atoms with van der Waals surface area (Å²) in [6, 6.07) is 9.97. The van der Waals surface area contributed by atoms with Gasteiger partial charge in [0.1, 0.15) is 11.4 Å². The monoisotopic (exact) mass is 378 g/mol. The molecule has 0 bridgehead atoms. The molecular weight excluding hydrogens is 352 g/mol. The summed E-state index contributed by atoms with van der Waals surface area (Å²) >= 11 is 0.